The highest BCUT2D eigenvalue weighted by Crippen LogP contribution is 2.22. The summed E-state index contributed by atoms with van der Waals surface area (Å²) >= 11 is 6.96. The summed E-state index contributed by atoms with van der Waals surface area (Å²) in [7, 11) is 1.66. The van der Waals surface area contributed by atoms with Crippen molar-refractivity contribution in [2.24, 2.45) is 0 Å². The molecule has 3 aromatic rings. The van der Waals surface area contributed by atoms with Gasteiger partial charge in [-0.1, -0.05) is 18.2 Å². The smallest absolute Gasteiger partial charge is 0.229 e. The van der Waals surface area contributed by atoms with Crippen molar-refractivity contribution in [2.45, 2.75) is 6.42 Å². The monoisotopic (exact) mass is 370 g/mol. The molecule has 0 spiro atoms. The van der Waals surface area contributed by atoms with Gasteiger partial charge < -0.3 is 15.4 Å². The highest BCUT2D eigenvalue weighted by Gasteiger charge is 2.05. The lowest BCUT2D eigenvalue weighted by atomic mass is 10.1. The van der Waals surface area contributed by atoms with E-state index in [-0.39, 0.29) is 0 Å². The summed E-state index contributed by atoms with van der Waals surface area (Å²) in [5.74, 6) is 1.35. The van der Waals surface area contributed by atoms with Gasteiger partial charge in [0.1, 0.15) is 5.75 Å². The lowest BCUT2D eigenvalue weighted by molar-refractivity contribution is 0.414. The minimum absolute atomic E-state index is 0.493. The first-order valence-corrected chi connectivity index (χ1v) is 9.08. The molecule has 0 aliphatic rings. The number of benzene rings is 1. The molecule has 5 nitrogen and oxygen atoms in total. The molecule has 2 heterocycles. The third-order valence-electron chi connectivity index (χ3n) is 3.51. The van der Waals surface area contributed by atoms with Gasteiger partial charge in [0.2, 0.25) is 5.95 Å². The zero-order valence-electron chi connectivity index (χ0n) is 13.7. The Morgan fingerprint density at radius 3 is 2.76 bits per heavy atom. The highest BCUT2D eigenvalue weighted by atomic mass is 32.1. The van der Waals surface area contributed by atoms with E-state index in [1.165, 1.54) is 5.56 Å². The number of rotatable bonds is 6. The zero-order valence-corrected chi connectivity index (χ0v) is 15.4. The second-order valence-corrected chi connectivity index (χ2v) is 6.58. The van der Waals surface area contributed by atoms with Gasteiger partial charge in [0.05, 0.1) is 17.7 Å². The molecular formula is C18H18N4OS2. The summed E-state index contributed by atoms with van der Waals surface area (Å²) in [6, 6.07) is 13.9. The van der Waals surface area contributed by atoms with Crippen LogP contribution in [0.1, 0.15) is 5.56 Å². The van der Waals surface area contributed by atoms with E-state index in [2.05, 4.69) is 20.6 Å². The molecule has 25 heavy (non-hydrogen) atoms. The SMILES string of the molecule is COc1ccc(CCNC(=S)Nc2nccc(-c3cccs3)n2)cc1. The molecule has 2 N–H and O–H groups in total. The predicted molar refractivity (Wildman–Crippen MR) is 106 cm³/mol. The van der Waals surface area contributed by atoms with Crippen molar-refractivity contribution in [3.8, 4) is 16.3 Å². The first-order chi connectivity index (χ1) is 12.2. The van der Waals surface area contributed by atoms with Crippen LogP contribution in [-0.4, -0.2) is 28.7 Å². The van der Waals surface area contributed by atoms with Gasteiger partial charge in [0.15, 0.2) is 5.11 Å². The third kappa shape index (κ3) is 4.98. The van der Waals surface area contributed by atoms with E-state index in [0.29, 0.717) is 11.1 Å². The van der Waals surface area contributed by atoms with Crippen LogP contribution in [0.2, 0.25) is 0 Å². The summed E-state index contributed by atoms with van der Waals surface area (Å²) in [5.41, 5.74) is 2.10. The molecule has 1 aromatic carbocycles. The Labute approximate surface area is 156 Å². The molecule has 0 aliphatic heterocycles. The van der Waals surface area contributed by atoms with E-state index in [0.717, 1.165) is 29.3 Å². The van der Waals surface area contributed by atoms with Crippen LogP contribution in [0.15, 0.2) is 54.0 Å². The summed E-state index contributed by atoms with van der Waals surface area (Å²) in [6.45, 7) is 0.725. The van der Waals surface area contributed by atoms with Crippen molar-refractivity contribution in [3.05, 3.63) is 59.6 Å². The van der Waals surface area contributed by atoms with Crippen LogP contribution in [0.3, 0.4) is 0 Å². The van der Waals surface area contributed by atoms with Gasteiger partial charge in [-0.2, -0.15) is 0 Å². The van der Waals surface area contributed by atoms with Crippen molar-refractivity contribution in [2.75, 3.05) is 19.0 Å². The number of hydrogen-bond donors (Lipinski definition) is 2. The van der Waals surface area contributed by atoms with Gasteiger partial charge in [-0.05, 0) is 53.8 Å². The van der Waals surface area contributed by atoms with E-state index in [1.807, 2.05) is 47.8 Å². The van der Waals surface area contributed by atoms with Gasteiger partial charge in [-0.25, -0.2) is 9.97 Å². The number of hydrogen-bond acceptors (Lipinski definition) is 5. The molecule has 128 valence electrons. The fraction of sp³-hybridized carbons (Fsp3) is 0.167. The molecular weight excluding hydrogens is 352 g/mol. The molecule has 0 aliphatic carbocycles. The maximum absolute atomic E-state index is 5.31. The molecule has 0 radical (unpaired) electrons. The van der Waals surface area contributed by atoms with Crippen LogP contribution in [0.4, 0.5) is 5.95 Å². The number of nitrogens with one attached hydrogen (secondary N) is 2. The van der Waals surface area contributed by atoms with Gasteiger partial charge in [-0.3, -0.25) is 0 Å². The van der Waals surface area contributed by atoms with Gasteiger partial charge in [0, 0.05) is 12.7 Å². The van der Waals surface area contributed by atoms with E-state index in [1.54, 1.807) is 24.6 Å². The van der Waals surface area contributed by atoms with Crippen LogP contribution >= 0.6 is 23.6 Å². The van der Waals surface area contributed by atoms with Gasteiger partial charge in [-0.15, -0.1) is 11.3 Å². The van der Waals surface area contributed by atoms with E-state index < -0.39 is 0 Å². The summed E-state index contributed by atoms with van der Waals surface area (Å²) in [6.07, 6.45) is 2.59. The van der Waals surface area contributed by atoms with E-state index in [9.17, 15) is 0 Å². The van der Waals surface area contributed by atoms with Crippen molar-refractivity contribution in [1.82, 2.24) is 15.3 Å². The average molecular weight is 371 g/mol. The van der Waals surface area contributed by atoms with Crippen molar-refractivity contribution >= 4 is 34.6 Å². The molecule has 0 fully saturated rings. The normalized spacial score (nSPS) is 10.3. The van der Waals surface area contributed by atoms with Crippen LogP contribution < -0.4 is 15.4 Å². The zero-order chi connectivity index (χ0) is 17.5. The average Bonchev–Trinajstić information content (AvgIpc) is 3.17. The third-order valence-corrected chi connectivity index (χ3v) is 4.65. The molecule has 7 heteroatoms. The largest absolute Gasteiger partial charge is 0.497 e. The number of thiophene rings is 1. The standard InChI is InChI=1S/C18H18N4OS2/c1-23-14-6-4-13(5-7-14)8-10-20-18(24)22-17-19-11-9-15(21-17)16-3-2-12-25-16/h2-7,9,11-12H,8,10H2,1H3,(H2,19,20,21,22,24). The second kappa shape index (κ2) is 8.55. The highest BCUT2D eigenvalue weighted by molar-refractivity contribution is 7.80. The lowest BCUT2D eigenvalue weighted by Crippen LogP contribution is -2.30. The fourth-order valence-corrected chi connectivity index (χ4v) is 3.13. The number of anilines is 1. The van der Waals surface area contributed by atoms with Crippen LogP contribution in [-0.2, 0) is 6.42 Å². The van der Waals surface area contributed by atoms with Crippen molar-refractivity contribution < 1.29 is 4.74 Å². The molecule has 0 amide bonds. The van der Waals surface area contributed by atoms with Crippen LogP contribution in [0.25, 0.3) is 10.6 Å². The van der Waals surface area contributed by atoms with E-state index >= 15 is 0 Å². The second-order valence-electron chi connectivity index (χ2n) is 5.22. The topological polar surface area (TPSA) is 59.1 Å². The summed E-state index contributed by atoms with van der Waals surface area (Å²) < 4.78 is 5.16. The first-order valence-electron chi connectivity index (χ1n) is 7.79. The Hall–Kier alpha value is -2.51. The number of ether oxygens (including phenoxy) is 1. The Balaban J connectivity index is 1.50. The number of methoxy groups -OCH3 is 1. The molecule has 0 atom stereocenters. The number of thiocarbonyl (C=S) groups is 1. The Bertz CT molecular complexity index is 819. The molecule has 0 saturated heterocycles. The summed E-state index contributed by atoms with van der Waals surface area (Å²) in [4.78, 5) is 9.80. The lowest BCUT2D eigenvalue weighted by Gasteiger charge is -2.10. The molecule has 0 bridgehead atoms. The van der Waals surface area contributed by atoms with Crippen LogP contribution in [0, 0.1) is 0 Å². The van der Waals surface area contributed by atoms with Gasteiger partial charge in [0.25, 0.3) is 0 Å². The quantitative estimate of drug-likeness (QED) is 0.645. The Morgan fingerprint density at radius 1 is 1.20 bits per heavy atom. The summed E-state index contributed by atoms with van der Waals surface area (Å²) in [5, 5.41) is 8.74. The fourth-order valence-electron chi connectivity index (χ4n) is 2.24. The minimum atomic E-state index is 0.493. The van der Waals surface area contributed by atoms with Crippen molar-refractivity contribution in [1.29, 1.82) is 0 Å². The van der Waals surface area contributed by atoms with Gasteiger partial charge >= 0.3 is 0 Å². The number of nitrogens with zero attached hydrogens (tertiary/aromatic N) is 2. The Kier molecular flexibility index (Phi) is 5.92. The number of aromatic nitrogens is 2. The molecule has 2 aromatic heterocycles. The van der Waals surface area contributed by atoms with Crippen LogP contribution in [0.5, 0.6) is 5.75 Å². The molecule has 0 unspecified atom stereocenters. The first kappa shape index (κ1) is 17.3. The minimum Gasteiger partial charge on any atom is -0.497 e. The predicted octanol–water partition coefficient (Wildman–Crippen LogP) is 3.74. The molecule has 0 saturated carbocycles. The maximum Gasteiger partial charge on any atom is 0.229 e. The van der Waals surface area contributed by atoms with Crippen molar-refractivity contribution in [3.63, 3.8) is 0 Å². The Morgan fingerprint density at radius 2 is 2.04 bits per heavy atom. The molecule has 3 rings (SSSR count). The van der Waals surface area contributed by atoms with E-state index in [4.69, 9.17) is 17.0 Å². The maximum atomic E-state index is 5.31.